The molecular weight excluding hydrogens is 248 g/mol. The molecule has 0 saturated heterocycles. The van der Waals surface area contributed by atoms with Gasteiger partial charge < -0.3 is 10.2 Å². The number of carbonyl (C=O) groups excluding carboxylic acids is 1. The Hall–Kier alpha value is -1.51. The van der Waals surface area contributed by atoms with Crippen molar-refractivity contribution in [3.63, 3.8) is 0 Å². The number of benzene rings is 1. The molecule has 112 valence electrons. The normalized spacial score (nSPS) is 12.1. The van der Waals surface area contributed by atoms with E-state index >= 15 is 0 Å². The lowest BCUT2D eigenvalue weighted by molar-refractivity contribution is 0.0776. The third-order valence-electron chi connectivity index (χ3n) is 3.60. The van der Waals surface area contributed by atoms with E-state index in [1.165, 1.54) is 5.56 Å². The van der Waals surface area contributed by atoms with E-state index in [1.807, 2.05) is 31.0 Å². The Bertz CT molecular complexity index is 443. The van der Waals surface area contributed by atoms with Gasteiger partial charge >= 0.3 is 0 Å². The van der Waals surface area contributed by atoms with Crippen LogP contribution >= 0.6 is 0 Å². The Morgan fingerprint density at radius 2 is 2.05 bits per heavy atom. The summed E-state index contributed by atoms with van der Waals surface area (Å²) in [6, 6.07) is 5.99. The molecule has 0 fully saturated rings. The highest BCUT2D eigenvalue weighted by Gasteiger charge is 2.17. The lowest BCUT2D eigenvalue weighted by Gasteiger charge is -2.22. The quantitative estimate of drug-likeness (QED) is 0.818. The van der Waals surface area contributed by atoms with E-state index < -0.39 is 0 Å². The van der Waals surface area contributed by atoms with Gasteiger partial charge in [0.2, 0.25) is 0 Å². The van der Waals surface area contributed by atoms with Crippen LogP contribution in [0.3, 0.4) is 0 Å². The number of nitrogens with one attached hydrogen (secondary N) is 1. The fourth-order valence-corrected chi connectivity index (χ4v) is 2.14. The van der Waals surface area contributed by atoms with Gasteiger partial charge in [0.25, 0.3) is 5.91 Å². The second-order valence-electron chi connectivity index (χ2n) is 5.67. The number of amides is 1. The molecule has 1 aromatic rings. The lowest BCUT2D eigenvalue weighted by Crippen LogP contribution is -2.31. The average molecular weight is 276 g/mol. The van der Waals surface area contributed by atoms with Gasteiger partial charge in [-0.25, -0.2) is 0 Å². The maximum absolute atomic E-state index is 12.6. The highest BCUT2D eigenvalue weighted by Crippen LogP contribution is 2.20. The van der Waals surface area contributed by atoms with E-state index in [-0.39, 0.29) is 5.91 Å². The molecule has 0 bridgehead atoms. The van der Waals surface area contributed by atoms with Crippen molar-refractivity contribution in [2.24, 2.45) is 5.92 Å². The summed E-state index contributed by atoms with van der Waals surface area (Å²) in [5.74, 6) is 0.630. The van der Waals surface area contributed by atoms with Crippen molar-refractivity contribution in [1.82, 2.24) is 4.90 Å². The van der Waals surface area contributed by atoms with Crippen molar-refractivity contribution in [1.29, 1.82) is 0 Å². The summed E-state index contributed by atoms with van der Waals surface area (Å²) in [4.78, 5) is 14.4. The summed E-state index contributed by atoms with van der Waals surface area (Å²) in [7, 11) is 1.89. The van der Waals surface area contributed by atoms with Crippen LogP contribution in [0.5, 0.6) is 0 Å². The molecule has 1 atom stereocenters. The van der Waals surface area contributed by atoms with E-state index in [9.17, 15) is 4.79 Å². The SMILES string of the molecule is CCCNc1cc(C)ccc1C(=O)N(C)CC(C)CC. The molecule has 1 rings (SSSR count). The van der Waals surface area contributed by atoms with E-state index in [0.29, 0.717) is 5.92 Å². The molecule has 3 nitrogen and oxygen atoms in total. The third kappa shape index (κ3) is 4.55. The van der Waals surface area contributed by atoms with Gasteiger partial charge in [-0.3, -0.25) is 4.79 Å². The fourth-order valence-electron chi connectivity index (χ4n) is 2.14. The molecular formula is C17H28N2O. The minimum atomic E-state index is 0.101. The standard InChI is InChI=1S/C17H28N2O/c1-6-10-18-16-11-14(4)8-9-15(16)17(20)19(5)12-13(3)7-2/h8-9,11,13,18H,6-7,10,12H2,1-5H3. The van der Waals surface area contributed by atoms with Crippen LogP contribution < -0.4 is 5.32 Å². The van der Waals surface area contributed by atoms with Crippen molar-refractivity contribution < 1.29 is 4.79 Å². The van der Waals surface area contributed by atoms with Crippen LogP contribution in [0.25, 0.3) is 0 Å². The number of aryl methyl sites for hydroxylation is 1. The highest BCUT2D eigenvalue weighted by molar-refractivity contribution is 5.99. The molecule has 20 heavy (non-hydrogen) atoms. The number of carbonyl (C=O) groups is 1. The molecule has 0 aliphatic rings. The smallest absolute Gasteiger partial charge is 0.255 e. The molecule has 1 amide bonds. The molecule has 0 aromatic heterocycles. The van der Waals surface area contributed by atoms with Crippen molar-refractivity contribution >= 4 is 11.6 Å². The molecule has 3 heteroatoms. The zero-order chi connectivity index (χ0) is 15.1. The molecule has 0 heterocycles. The summed E-state index contributed by atoms with van der Waals surface area (Å²) in [5, 5.41) is 3.36. The molecule has 0 radical (unpaired) electrons. The number of hydrogen-bond acceptors (Lipinski definition) is 2. The van der Waals surface area contributed by atoms with Gasteiger partial charge in [-0.2, -0.15) is 0 Å². The molecule has 0 aliphatic heterocycles. The predicted molar refractivity (Wildman–Crippen MR) is 86.4 cm³/mol. The van der Waals surface area contributed by atoms with E-state index in [1.54, 1.807) is 0 Å². The van der Waals surface area contributed by atoms with Crippen LogP contribution in [-0.2, 0) is 0 Å². The summed E-state index contributed by atoms with van der Waals surface area (Å²) in [6.45, 7) is 10.2. The minimum absolute atomic E-state index is 0.101. The van der Waals surface area contributed by atoms with E-state index in [0.717, 1.165) is 37.2 Å². The molecule has 0 saturated carbocycles. The van der Waals surface area contributed by atoms with Crippen molar-refractivity contribution in [2.45, 2.75) is 40.5 Å². The van der Waals surface area contributed by atoms with Crippen LogP contribution in [-0.4, -0.2) is 30.9 Å². The van der Waals surface area contributed by atoms with Crippen LogP contribution in [0.2, 0.25) is 0 Å². The summed E-state index contributed by atoms with van der Waals surface area (Å²) >= 11 is 0. The van der Waals surface area contributed by atoms with Crippen molar-refractivity contribution in [2.75, 3.05) is 25.5 Å². The van der Waals surface area contributed by atoms with Crippen molar-refractivity contribution in [3.8, 4) is 0 Å². The lowest BCUT2D eigenvalue weighted by atomic mass is 10.1. The summed E-state index contributed by atoms with van der Waals surface area (Å²) in [5.41, 5.74) is 2.90. The third-order valence-corrected chi connectivity index (χ3v) is 3.60. The number of anilines is 1. The Morgan fingerprint density at radius 1 is 1.35 bits per heavy atom. The molecule has 1 aromatic carbocycles. The van der Waals surface area contributed by atoms with Gasteiger partial charge in [-0.05, 0) is 37.0 Å². The van der Waals surface area contributed by atoms with E-state index in [2.05, 4.69) is 32.2 Å². The van der Waals surface area contributed by atoms with Crippen molar-refractivity contribution in [3.05, 3.63) is 29.3 Å². The number of hydrogen-bond donors (Lipinski definition) is 1. The minimum Gasteiger partial charge on any atom is -0.384 e. The molecule has 1 N–H and O–H groups in total. The Kier molecular flexibility index (Phi) is 6.56. The molecule has 0 aliphatic carbocycles. The van der Waals surface area contributed by atoms with Gasteiger partial charge in [0, 0.05) is 25.8 Å². The Morgan fingerprint density at radius 3 is 2.65 bits per heavy atom. The van der Waals surface area contributed by atoms with Crippen LogP contribution in [0.15, 0.2) is 18.2 Å². The van der Waals surface area contributed by atoms with Crippen LogP contribution in [0, 0.1) is 12.8 Å². The van der Waals surface area contributed by atoms with Crippen LogP contribution in [0.1, 0.15) is 49.5 Å². The van der Waals surface area contributed by atoms with Gasteiger partial charge in [0.15, 0.2) is 0 Å². The van der Waals surface area contributed by atoms with Gasteiger partial charge in [0.05, 0.1) is 5.56 Å². The first-order valence-electron chi connectivity index (χ1n) is 7.59. The Labute approximate surface area is 123 Å². The first-order valence-corrected chi connectivity index (χ1v) is 7.59. The number of nitrogens with zero attached hydrogens (tertiary/aromatic N) is 1. The second-order valence-corrected chi connectivity index (χ2v) is 5.67. The van der Waals surface area contributed by atoms with Gasteiger partial charge in [-0.15, -0.1) is 0 Å². The fraction of sp³-hybridized carbons (Fsp3) is 0.588. The maximum Gasteiger partial charge on any atom is 0.255 e. The predicted octanol–water partition coefficient (Wildman–Crippen LogP) is 3.94. The number of rotatable bonds is 7. The first kappa shape index (κ1) is 16.5. The second kappa shape index (κ2) is 7.93. The average Bonchev–Trinajstić information content (AvgIpc) is 2.44. The first-order chi connectivity index (χ1) is 9.49. The zero-order valence-electron chi connectivity index (χ0n) is 13.5. The highest BCUT2D eigenvalue weighted by atomic mass is 16.2. The molecule has 0 spiro atoms. The topological polar surface area (TPSA) is 32.3 Å². The summed E-state index contributed by atoms with van der Waals surface area (Å²) in [6.07, 6.45) is 2.14. The van der Waals surface area contributed by atoms with Gasteiger partial charge in [0.1, 0.15) is 0 Å². The van der Waals surface area contributed by atoms with Crippen LogP contribution in [0.4, 0.5) is 5.69 Å². The maximum atomic E-state index is 12.6. The summed E-state index contributed by atoms with van der Waals surface area (Å²) < 4.78 is 0. The van der Waals surface area contributed by atoms with Gasteiger partial charge in [-0.1, -0.05) is 33.3 Å². The largest absolute Gasteiger partial charge is 0.384 e. The molecule has 1 unspecified atom stereocenters. The monoisotopic (exact) mass is 276 g/mol. The zero-order valence-corrected chi connectivity index (χ0v) is 13.5. The van der Waals surface area contributed by atoms with E-state index in [4.69, 9.17) is 0 Å². The Balaban J connectivity index is 2.90.